The Bertz CT molecular complexity index is 286. The van der Waals surface area contributed by atoms with E-state index < -0.39 is 0 Å². The number of nitrogens with zero attached hydrogens (tertiary/aromatic N) is 1. The molecule has 1 aromatic carbocycles. The fourth-order valence-corrected chi connectivity index (χ4v) is 1.71. The summed E-state index contributed by atoms with van der Waals surface area (Å²) < 4.78 is 5.13. The number of thiol groups is 1. The molecule has 0 atom stereocenters. The van der Waals surface area contributed by atoms with Crippen molar-refractivity contribution in [1.29, 1.82) is 0 Å². The van der Waals surface area contributed by atoms with Crippen molar-refractivity contribution < 1.29 is 4.74 Å². The van der Waals surface area contributed by atoms with Crippen molar-refractivity contribution >= 4 is 12.6 Å². The predicted molar refractivity (Wildman–Crippen MR) is 72.7 cm³/mol. The Labute approximate surface area is 104 Å². The molecular formula is C13H21NOS. The number of benzene rings is 1. The molecule has 0 saturated heterocycles. The van der Waals surface area contributed by atoms with Crippen LogP contribution < -0.4 is 4.74 Å². The molecule has 2 nitrogen and oxygen atoms in total. The molecule has 0 N–H and O–H groups in total. The van der Waals surface area contributed by atoms with Crippen molar-refractivity contribution in [1.82, 2.24) is 4.90 Å². The van der Waals surface area contributed by atoms with Crippen LogP contribution in [0.1, 0.15) is 12.0 Å². The van der Waals surface area contributed by atoms with Gasteiger partial charge in [0.2, 0.25) is 0 Å². The Morgan fingerprint density at radius 2 is 1.88 bits per heavy atom. The van der Waals surface area contributed by atoms with Gasteiger partial charge in [-0.2, -0.15) is 12.6 Å². The third kappa shape index (κ3) is 4.90. The summed E-state index contributed by atoms with van der Waals surface area (Å²) in [6, 6.07) is 8.29. The van der Waals surface area contributed by atoms with E-state index in [2.05, 4.69) is 36.7 Å². The summed E-state index contributed by atoms with van der Waals surface area (Å²) in [5.74, 6) is 1.89. The van der Waals surface area contributed by atoms with Crippen molar-refractivity contribution in [2.75, 3.05) is 33.0 Å². The maximum atomic E-state index is 5.13. The fraction of sp³-hybridized carbons (Fsp3) is 0.538. The van der Waals surface area contributed by atoms with E-state index in [0.717, 1.165) is 37.4 Å². The molecule has 0 spiro atoms. The van der Waals surface area contributed by atoms with Gasteiger partial charge in [0.1, 0.15) is 5.75 Å². The van der Waals surface area contributed by atoms with Crippen LogP contribution in [-0.4, -0.2) is 37.9 Å². The summed E-state index contributed by atoms with van der Waals surface area (Å²) in [4.78, 5) is 2.35. The van der Waals surface area contributed by atoms with Crippen LogP contribution >= 0.6 is 12.6 Å². The maximum Gasteiger partial charge on any atom is 0.118 e. The van der Waals surface area contributed by atoms with E-state index in [-0.39, 0.29) is 0 Å². The largest absolute Gasteiger partial charge is 0.497 e. The number of hydrogen-bond acceptors (Lipinski definition) is 3. The Hall–Kier alpha value is -0.670. The summed E-state index contributed by atoms with van der Waals surface area (Å²) in [6.07, 6.45) is 2.25. The zero-order chi connectivity index (χ0) is 11.8. The highest BCUT2D eigenvalue weighted by Crippen LogP contribution is 2.11. The van der Waals surface area contributed by atoms with Crippen LogP contribution in [0.5, 0.6) is 5.75 Å². The van der Waals surface area contributed by atoms with Crippen LogP contribution in [0.25, 0.3) is 0 Å². The average molecular weight is 239 g/mol. The van der Waals surface area contributed by atoms with Crippen LogP contribution in [0.4, 0.5) is 0 Å². The van der Waals surface area contributed by atoms with Crippen LogP contribution in [-0.2, 0) is 6.42 Å². The van der Waals surface area contributed by atoms with Gasteiger partial charge in [-0.15, -0.1) is 0 Å². The third-order valence-electron chi connectivity index (χ3n) is 2.64. The molecule has 0 amide bonds. The summed E-state index contributed by atoms with van der Waals surface area (Å²) in [5, 5.41) is 0. The molecular weight excluding hydrogens is 218 g/mol. The second-order valence-corrected chi connectivity index (χ2v) is 4.43. The van der Waals surface area contributed by atoms with Crippen molar-refractivity contribution in [3.63, 3.8) is 0 Å². The van der Waals surface area contributed by atoms with E-state index in [0.29, 0.717) is 0 Å². The van der Waals surface area contributed by atoms with Gasteiger partial charge >= 0.3 is 0 Å². The van der Waals surface area contributed by atoms with E-state index in [9.17, 15) is 0 Å². The lowest BCUT2D eigenvalue weighted by Crippen LogP contribution is -2.22. The van der Waals surface area contributed by atoms with Crippen molar-refractivity contribution in [3.05, 3.63) is 29.8 Å². The molecule has 0 unspecified atom stereocenters. The highest BCUT2D eigenvalue weighted by Gasteiger charge is 1.99. The standard InChI is InChI=1S/C13H21NOS/c1-14(9-3-11-16)10-8-12-4-6-13(15-2)7-5-12/h4-7,16H,3,8-11H2,1-2H3. The summed E-state index contributed by atoms with van der Waals surface area (Å²) >= 11 is 4.21. The molecule has 0 aliphatic heterocycles. The molecule has 0 fully saturated rings. The quantitative estimate of drug-likeness (QED) is 0.734. The number of hydrogen-bond donors (Lipinski definition) is 1. The molecule has 90 valence electrons. The van der Waals surface area contributed by atoms with Crippen LogP contribution in [0.15, 0.2) is 24.3 Å². The number of methoxy groups -OCH3 is 1. The van der Waals surface area contributed by atoms with Crippen molar-refractivity contribution in [3.8, 4) is 5.75 Å². The van der Waals surface area contributed by atoms with Crippen LogP contribution in [0.2, 0.25) is 0 Å². The minimum atomic E-state index is 0.923. The summed E-state index contributed by atoms with van der Waals surface area (Å²) in [5.41, 5.74) is 1.36. The lowest BCUT2D eigenvalue weighted by molar-refractivity contribution is 0.340. The number of likely N-dealkylation sites (N-methyl/N-ethyl adjacent to an activating group) is 1. The molecule has 0 heterocycles. The second kappa shape index (κ2) is 7.58. The minimum absolute atomic E-state index is 0.923. The molecule has 0 aliphatic rings. The monoisotopic (exact) mass is 239 g/mol. The Balaban J connectivity index is 2.30. The predicted octanol–water partition coefficient (Wildman–Crippen LogP) is 2.49. The smallest absolute Gasteiger partial charge is 0.118 e. The lowest BCUT2D eigenvalue weighted by atomic mass is 10.1. The number of rotatable bonds is 7. The van der Waals surface area contributed by atoms with Gasteiger partial charge < -0.3 is 9.64 Å². The molecule has 1 rings (SSSR count). The summed E-state index contributed by atoms with van der Waals surface area (Å²) in [6.45, 7) is 2.22. The van der Waals surface area contributed by atoms with Gasteiger partial charge in [-0.25, -0.2) is 0 Å². The molecule has 0 bridgehead atoms. The Kier molecular flexibility index (Phi) is 6.34. The first kappa shape index (κ1) is 13.4. The maximum absolute atomic E-state index is 5.13. The van der Waals surface area contributed by atoms with E-state index in [1.807, 2.05) is 12.1 Å². The molecule has 16 heavy (non-hydrogen) atoms. The molecule has 0 radical (unpaired) electrons. The zero-order valence-corrected chi connectivity index (χ0v) is 11.0. The first-order valence-corrected chi connectivity index (χ1v) is 6.32. The molecule has 3 heteroatoms. The highest BCUT2D eigenvalue weighted by atomic mass is 32.1. The zero-order valence-electron chi connectivity index (χ0n) is 10.1. The van der Waals surface area contributed by atoms with E-state index in [1.165, 1.54) is 5.56 Å². The normalized spacial score (nSPS) is 10.8. The van der Waals surface area contributed by atoms with Gasteiger partial charge in [0.05, 0.1) is 7.11 Å². The topological polar surface area (TPSA) is 12.5 Å². The van der Waals surface area contributed by atoms with Crippen molar-refractivity contribution in [2.24, 2.45) is 0 Å². The number of ether oxygens (including phenoxy) is 1. The minimum Gasteiger partial charge on any atom is -0.497 e. The Morgan fingerprint density at radius 1 is 1.19 bits per heavy atom. The van der Waals surface area contributed by atoms with E-state index in [1.54, 1.807) is 7.11 Å². The SMILES string of the molecule is COc1ccc(CCN(C)CCCS)cc1. The van der Waals surface area contributed by atoms with Gasteiger partial charge in [0.25, 0.3) is 0 Å². The molecule has 1 aromatic rings. The first-order valence-electron chi connectivity index (χ1n) is 5.68. The van der Waals surface area contributed by atoms with E-state index in [4.69, 9.17) is 4.74 Å². The average Bonchev–Trinajstić information content (AvgIpc) is 2.34. The van der Waals surface area contributed by atoms with Crippen molar-refractivity contribution in [2.45, 2.75) is 12.8 Å². The highest BCUT2D eigenvalue weighted by molar-refractivity contribution is 7.80. The third-order valence-corrected chi connectivity index (χ3v) is 2.96. The fourth-order valence-electron chi connectivity index (χ4n) is 1.56. The first-order chi connectivity index (χ1) is 7.76. The second-order valence-electron chi connectivity index (χ2n) is 3.98. The van der Waals surface area contributed by atoms with Crippen LogP contribution in [0.3, 0.4) is 0 Å². The van der Waals surface area contributed by atoms with Gasteiger partial charge in [-0.1, -0.05) is 12.1 Å². The van der Waals surface area contributed by atoms with Crippen LogP contribution in [0, 0.1) is 0 Å². The Morgan fingerprint density at radius 3 is 2.44 bits per heavy atom. The lowest BCUT2D eigenvalue weighted by Gasteiger charge is -2.15. The van der Waals surface area contributed by atoms with E-state index >= 15 is 0 Å². The molecule has 0 saturated carbocycles. The van der Waals surface area contributed by atoms with Gasteiger partial charge in [0, 0.05) is 6.54 Å². The molecule has 0 aromatic heterocycles. The van der Waals surface area contributed by atoms with Gasteiger partial charge in [-0.05, 0) is 49.9 Å². The van der Waals surface area contributed by atoms with Gasteiger partial charge in [-0.3, -0.25) is 0 Å². The molecule has 0 aliphatic carbocycles. The summed E-state index contributed by atoms with van der Waals surface area (Å²) in [7, 11) is 3.85. The van der Waals surface area contributed by atoms with Gasteiger partial charge in [0.15, 0.2) is 0 Å².